The van der Waals surface area contributed by atoms with Crippen molar-refractivity contribution >= 4 is 28.7 Å². The largest absolute Gasteiger partial charge is 0.346 e. The van der Waals surface area contributed by atoms with E-state index in [1.165, 1.54) is 61.5 Å². The second kappa shape index (κ2) is 7.03. The van der Waals surface area contributed by atoms with Gasteiger partial charge in [-0.15, -0.1) is 0 Å². The van der Waals surface area contributed by atoms with Crippen molar-refractivity contribution in [1.82, 2.24) is 23.8 Å². The molecule has 2 aliphatic rings. The number of fused-ring (bicyclic) bond motifs is 2. The van der Waals surface area contributed by atoms with Crippen LogP contribution in [0, 0.1) is 0 Å². The molecular weight excluding hydrogens is 358 g/mol. The lowest BCUT2D eigenvalue weighted by Crippen LogP contribution is -2.23. The van der Waals surface area contributed by atoms with Gasteiger partial charge in [0.15, 0.2) is 0 Å². The minimum absolute atomic E-state index is 0.0788. The second-order valence-electron chi connectivity index (χ2n) is 7.61. The maximum Gasteiger partial charge on any atom is 0.251 e. The standard InChI is InChI=1S/C20H23N5OS/c26-20(13-9-10-16-17(11-13)24-27-23-16)21-12-18-15-7-3-4-8-19(15)25(22-18)14-5-1-2-6-14/h9-11,14H,1-8,12H2,(H,21,26). The molecule has 0 aliphatic heterocycles. The Morgan fingerprint density at radius 1 is 1.11 bits per heavy atom. The van der Waals surface area contributed by atoms with Crippen molar-refractivity contribution in [3.05, 3.63) is 40.7 Å². The number of rotatable bonds is 4. The number of carbonyl (C=O) groups is 1. The Balaban J connectivity index is 1.36. The normalized spacial score (nSPS) is 17.3. The Morgan fingerprint density at radius 2 is 1.93 bits per heavy atom. The van der Waals surface area contributed by atoms with Crippen LogP contribution in [0.4, 0.5) is 0 Å². The van der Waals surface area contributed by atoms with Gasteiger partial charge in [0.1, 0.15) is 11.0 Å². The summed E-state index contributed by atoms with van der Waals surface area (Å²) in [6.07, 6.45) is 9.77. The van der Waals surface area contributed by atoms with E-state index in [1.54, 1.807) is 6.07 Å². The summed E-state index contributed by atoms with van der Waals surface area (Å²) in [7, 11) is 0. The lowest BCUT2D eigenvalue weighted by Gasteiger charge is -2.18. The van der Waals surface area contributed by atoms with E-state index in [2.05, 4.69) is 18.7 Å². The third-order valence-corrected chi connectivity index (χ3v) is 6.45. The average molecular weight is 382 g/mol. The van der Waals surface area contributed by atoms with Crippen LogP contribution in [0.2, 0.25) is 0 Å². The summed E-state index contributed by atoms with van der Waals surface area (Å²) in [5, 5.41) is 8.03. The maximum absolute atomic E-state index is 12.6. The number of nitrogens with one attached hydrogen (secondary N) is 1. The topological polar surface area (TPSA) is 72.7 Å². The third-order valence-electron chi connectivity index (χ3n) is 5.89. The highest BCUT2D eigenvalue weighted by atomic mass is 32.1. The molecule has 0 radical (unpaired) electrons. The minimum Gasteiger partial charge on any atom is -0.346 e. The molecule has 6 nitrogen and oxygen atoms in total. The molecule has 1 amide bonds. The number of hydrogen-bond acceptors (Lipinski definition) is 5. The number of hydrogen-bond donors (Lipinski definition) is 1. The van der Waals surface area contributed by atoms with Crippen molar-refractivity contribution in [1.29, 1.82) is 0 Å². The molecule has 1 fully saturated rings. The first-order valence-corrected chi connectivity index (χ1v) is 10.6. The van der Waals surface area contributed by atoms with Gasteiger partial charge in [0.2, 0.25) is 0 Å². The van der Waals surface area contributed by atoms with Crippen LogP contribution in [0.5, 0.6) is 0 Å². The summed E-state index contributed by atoms with van der Waals surface area (Å²) >= 11 is 1.17. The second-order valence-corrected chi connectivity index (χ2v) is 8.14. The average Bonchev–Trinajstić information content (AvgIpc) is 3.44. The Morgan fingerprint density at radius 3 is 2.81 bits per heavy atom. The zero-order valence-electron chi connectivity index (χ0n) is 15.3. The van der Waals surface area contributed by atoms with Gasteiger partial charge < -0.3 is 5.32 Å². The predicted octanol–water partition coefficient (Wildman–Crippen LogP) is 3.81. The van der Waals surface area contributed by atoms with Gasteiger partial charge in [0, 0.05) is 11.3 Å². The van der Waals surface area contributed by atoms with Gasteiger partial charge in [-0.1, -0.05) is 12.8 Å². The van der Waals surface area contributed by atoms with Crippen LogP contribution in [0.1, 0.15) is 71.9 Å². The Kier molecular flexibility index (Phi) is 4.39. The fourth-order valence-corrected chi connectivity index (χ4v) is 5.00. The van der Waals surface area contributed by atoms with E-state index in [4.69, 9.17) is 5.10 Å². The molecule has 0 saturated heterocycles. The zero-order valence-corrected chi connectivity index (χ0v) is 16.1. The molecule has 2 aliphatic carbocycles. The summed E-state index contributed by atoms with van der Waals surface area (Å²) in [6.45, 7) is 0.494. The van der Waals surface area contributed by atoms with Gasteiger partial charge in [-0.2, -0.15) is 13.8 Å². The van der Waals surface area contributed by atoms with Crippen LogP contribution in [0.25, 0.3) is 11.0 Å². The Bertz CT molecular complexity index is 986. The molecule has 0 atom stereocenters. The first kappa shape index (κ1) is 16.9. The molecule has 5 rings (SSSR count). The summed E-state index contributed by atoms with van der Waals surface area (Å²) in [5.41, 5.74) is 6.09. The van der Waals surface area contributed by atoms with Crippen molar-refractivity contribution in [2.24, 2.45) is 0 Å². The Labute approximate surface area is 162 Å². The molecule has 140 valence electrons. The van der Waals surface area contributed by atoms with Crippen molar-refractivity contribution in [2.45, 2.75) is 64.0 Å². The first-order chi connectivity index (χ1) is 13.3. The molecule has 0 spiro atoms. The smallest absolute Gasteiger partial charge is 0.251 e. The highest BCUT2D eigenvalue weighted by molar-refractivity contribution is 7.00. The van der Waals surface area contributed by atoms with Gasteiger partial charge in [0.25, 0.3) is 5.91 Å². The number of carbonyl (C=O) groups excluding carboxylic acids is 1. The molecule has 0 bridgehead atoms. The summed E-state index contributed by atoms with van der Waals surface area (Å²) in [6, 6.07) is 6.03. The van der Waals surface area contributed by atoms with E-state index in [0.29, 0.717) is 18.2 Å². The summed E-state index contributed by atoms with van der Waals surface area (Å²) < 4.78 is 10.7. The van der Waals surface area contributed by atoms with E-state index in [-0.39, 0.29) is 5.91 Å². The zero-order chi connectivity index (χ0) is 18.2. The monoisotopic (exact) mass is 381 g/mol. The van der Waals surface area contributed by atoms with E-state index < -0.39 is 0 Å². The van der Waals surface area contributed by atoms with Gasteiger partial charge >= 0.3 is 0 Å². The van der Waals surface area contributed by atoms with E-state index in [1.807, 2.05) is 12.1 Å². The maximum atomic E-state index is 12.6. The number of amides is 1. The van der Waals surface area contributed by atoms with E-state index in [9.17, 15) is 4.79 Å². The molecule has 27 heavy (non-hydrogen) atoms. The van der Waals surface area contributed by atoms with Crippen molar-refractivity contribution in [3.8, 4) is 0 Å². The van der Waals surface area contributed by atoms with Gasteiger partial charge in [0.05, 0.1) is 30.0 Å². The molecular formula is C20H23N5OS. The SMILES string of the molecule is O=C(NCc1nn(C2CCCC2)c2c1CCCC2)c1ccc2nsnc2c1. The predicted molar refractivity (Wildman–Crippen MR) is 105 cm³/mol. The lowest BCUT2D eigenvalue weighted by molar-refractivity contribution is 0.0950. The van der Waals surface area contributed by atoms with Gasteiger partial charge in [-0.3, -0.25) is 9.48 Å². The summed E-state index contributed by atoms with van der Waals surface area (Å²) in [5.74, 6) is -0.0788. The molecule has 7 heteroatoms. The number of nitrogens with zero attached hydrogens (tertiary/aromatic N) is 4. The lowest BCUT2D eigenvalue weighted by atomic mass is 9.95. The number of benzene rings is 1. The fraction of sp³-hybridized carbons (Fsp3) is 0.500. The molecule has 3 aromatic rings. The minimum atomic E-state index is -0.0788. The highest BCUT2D eigenvalue weighted by Gasteiger charge is 2.26. The number of aromatic nitrogens is 4. The third kappa shape index (κ3) is 3.14. The van der Waals surface area contributed by atoms with Crippen molar-refractivity contribution in [3.63, 3.8) is 0 Å². The Hall–Kier alpha value is -2.28. The molecule has 2 aromatic heterocycles. The summed E-state index contributed by atoms with van der Waals surface area (Å²) in [4.78, 5) is 12.6. The first-order valence-electron chi connectivity index (χ1n) is 9.89. The van der Waals surface area contributed by atoms with Crippen LogP contribution in [-0.4, -0.2) is 24.4 Å². The molecule has 1 saturated carbocycles. The highest BCUT2D eigenvalue weighted by Crippen LogP contribution is 2.34. The molecule has 0 unspecified atom stereocenters. The van der Waals surface area contributed by atoms with Crippen LogP contribution in [0.3, 0.4) is 0 Å². The molecule has 1 aromatic carbocycles. The van der Waals surface area contributed by atoms with Crippen LogP contribution >= 0.6 is 11.7 Å². The van der Waals surface area contributed by atoms with Crippen molar-refractivity contribution in [2.75, 3.05) is 0 Å². The van der Waals surface area contributed by atoms with Gasteiger partial charge in [-0.05, 0) is 62.3 Å². The van der Waals surface area contributed by atoms with Crippen LogP contribution in [-0.2, 0) is 19.4 Å². The van der Waals surface area contributed by atoms with E-state index in [0.717, 1.165) is 29.6 Å². The van der Waals surface area contributed by atoms with Crippen molar-refractivity contribution < 1.29 is 4.79 Å². The van der Waals surface area contributed by atoms with E-state index >= 15 is 0 Å². The fourth-order valence-electron chi connectivity index (χ4n) is 4.49. The molecule has 2 heterocycles. The quantitative estimate of drug-likeness (QED) is 0.746. The molecule has 1 N–H and O–H groups in total. The van der Waals surface area contributed by atoms with Crippen LogP contribution in [0.15, 0.2) is 18.2 Å². The van der Waals surface area contributed by atoms with Crippen LogP contribution < -0.4 is 5.32 Å². The van der Waals surface area contributed by atoms with Gasteiger partial charge in [-0.25, -0.2) is 0 Å².